The number of H-pyrrole nitrogens is 1. The second kappa shape index (κ2) is 15.2. The number of carbonyl (C=O) groups excluding carboxylic acids is 1. The predicted molar refractivity (Wildman–Crippen MR) is 154 cm³/mol. The first-order chi connectivity index (χ1) is 19.5. The smallest absolute Gasteiger partial charge is 0.408 e. The number of hydrogen-bond acceptors (Lipinski definition) is 7. The fraction of sp³-hybridized carbons (Fsp3) is 0.433. The van der Waals surface area contributed by atoms with Gasteiger partial charge in [-0.1, -0.05) is 60.7 Å². The van der Waals surface area contributed by atoms with Gasteiger partial charge in [-0.15, -0.1) is 0 Å². The largest absolute Gasteiger partial charge is 0.465 e. The van der Waals surface area contributed by atoms with Crippen molar-refractivity contribution < 1.29 is 29.6 Å². The van der Waals surface area contributed by atoms with Crippen LogP contribution in [0.25, 0.3) is 0 Å². The van der Waals surface area contributed by atoms with Crippen molar-refractivity contribution in [2.75, 3.05) is 13.1 Å². The summed E-state index contributed by atoms with van der Waals surface area (Å²) in [5.41, 5.74) is 1.09. The van der Waals surface area contributed by atoms with Gasteiger partial charge >= 0.3 is 12.2 Å². The molecule has 0 spiro atoms. The van der Waals surface area contributed by atoms with Crippen LogP contribution >= 0.6 is 0 Å². The van der Waals surface area contributed by atoms with Gasteiger partial charge in [-0.25, -0.2) is 14.6 Å². The van der Waals surface area contributed by atoms with Crippen LogP contribution in [0.15, 0.2) is 73.1 Å². The van der Waals surface area contributed by atoms with E-state index in [1.54, 1.807) is 27.0 Å². The number of aromatic nitrogens is 2. The number of hydrogen-bond donors (Lipinski definition) is 6. The van der Waals surface area contributed by atoms with E-state index >= 15 is 0 Å². The highest BCUT2D eigenvalue weighted by Crippen LogP contribution is 2.16. The quantitative estimate of drug-likeness (QED) is 0.173. The molecule has 0 aliphatic heterocycles. The summed E-state index contributed by atoms with van der Waals surface area (Å²) in [4.78, 5) is 33.0. The SMILES string of the molecule is CC(C)(C)OC(=O)N[C@@H](Cc1ccccc1)[C@H](O)CNC[C@@H](O)[C@H](Cc1ccccc1)N(Cc1ncc[nH]1)C(=O)O. The Morgan fingerprint density at radius 2 is 1.54 bits per heavy atom. The number of ether oxygens (including phenoxy) is 1. The van der Waals surface area contributed by atoms with Crippen LogP contribution in [-0.4, -0.2) is 85.4 Å². The molecule has 0 bridgehead atoms. The number of nitrogens with zero attached hydrogens (tertiary/aromatic N) is 2. The van der Waals surface area contributed by atoms with Crippen molar-refractivity contribution in [3.63, 3.8) is 0 Å². The van der Waals surface area contributed by atoms with E-state index in [-0.39, 0.29) is 26.1 Å². The lowest BCUT2D eigenvalue weighted by Crippen LogP contribution is -2.53. The molecule has 41 heavy (non-hydrogen) atoms. The van der Waals surface area contributed by atoms with Crippen LogP contribution in [0.5, 0.6) is 0 Å². The topological polar surface area (TPSA) is 160 Å². The summed E-state index contributed by atoms with van der Waals surface area (Å²) in [6, 6.07) is 17.3. The van der Waals surface area contributed by atoms with Gasteiger partial charge < -0.3 is 35.7 Å². The molecular formula is C30H41N5O6. The third-order valence-electron chi connectivity index (χ3n) is 6.42. The normalized spacial score (nSPS) is 14.5. The van der Waals surface area contributed by atoms with Gasteiger partial charge in [0, 0.05) is 25.5 Å². The van der Waals surface area contributed by atoms with E-state index < -0.39 is 42.1 Å². The lowest BCUT2D eigenvalue weighted by atomic mass is 9.99. The van der Waals surface area contributed by atoms with Crippen LogP contribution in [0.2, 0.25) is 0 Å². The number of imidazole rings is 1. The Bertz CT molecular complexity index is 1190. The summed E-state index contributed by atoms with van der Waals surface area (Å²) >= 11 is 0. The minimum absolute atomic E-state index is 0.000982. The molecule has 2 aromatic carbocycles. The van der Waals surface area contributed by atoms with Crippen LogP contribution in [0.4, 0.5) is 9.59 Å². The molecule has 1 aromatic heterocycles. The lowest BCUT2D eigenvalue weighted by molar-refractivity contribution is 0.0360. The van der Waals surface area contributed by atoms with Crippen molar-refractivity contribution in [3.05, 3.63) is 90.0 Å². The second-order valence-corrected chi connectivity index (χ2v) is 10.9. The molecule has 11 heteroatoms. The van der Waals surface area contributed by atoms with Crippen molar-refractivity contribution in [2.45, 2.75) is 70.1 Å². The number of carbonyl (C=O) groups is 2. The van der Waals surface area contributed by atoms with Crippen molar-refractivity contribution >= 4 is 12.2 Å². The number of alkyl carbamates (subject to hydrolysis) is 1. The van der Waals surface area contributed by atoms with Gasteiger partial charge in [-0.05, 0) is 44.7 Å². The number of carboxylic acid groups (broad SMARTS) is 1. The molecule has 1 heterocycles. The lowest BCUT2D eigenvalue weighted by Gasteiger charge is -2.33. The summed E-state index contributed by atoms with van der Waals surface area (Å²) in [5, 5.41) is 38.1. The maximum Gasteiger partial charge on any atom is 0.408 e. The van der Waals surface area contributed by atoms with Gasteiger partial charge in [0.15, 0.2) is 0 Å². The Hall–Kier alpha value is -3.93. The number of aliphatic hydroxyl groups excluding tert-OH is 2. The van der Waals surface area contributed by atoms with Crippen LogP contribution in [-0.2, 0) is 24.1 Å². The highest BCUT2D eigenvalue weighted by Gasteiger charge is 2.31. The van der Waals surface area contributed by atoms with Gasteiger partial charge in [0.2, 0.25) is 0 Å². The monoisotopic (exact) mass is 567 g/mol. The Morgan fingerprint density at radius 1 is 0.951 bits per heavy atom. The number of rotatable bonds is 14. The molecule has 0 aliphatic rings. The van der Waals surface area contributed by atoms with Gasteiger partial charge in [0.1, 0.15) is 11.4 Å². The Kier molecular flexibility index (Phi) is 11.7. The van der Waals surface area contributed by atoms with E-state index in [0.29, 0.717) is 12.2 Å². The molecule has 11 nitrogen and oxygen atoms in total. The predicted octanol–water partition coefficient (Wildman–Crippen LogP) is 2.95. The molecule has 0 aliphatic carbocycles. The summed E-state index contributed by atoms with van der Waals surface area (Å²) < 4.78 is 5.39. The van der Waals surface area contributed by atoms with Crippen LogP contribution in [0.3, 0.4) is 0 Å². The molecule has 0 fully saturated rings. The molecule has 3 aromatic rings. The first-order valence-corrected chi connectivity index (χ1v) is 13.6. The van der Waals surface area contributed by atoms with Gasteiger partial charge in [0.25, 0.3) is 0 Å². The zero-order valence-electron chi connectivity index (χ0n) is 23.7. The average Bonchev–Trinajstić information content (AvgIpc) is 3.43. The van der Waals surface area contributed by atoms with E-state index in [1.807, 2.05) is 60.7 Å². The number of aliphatic hydroxyl groups is 2. The summed E-state index contributed by atoms with van der Waals surface area (Å²) in [6.45, 7) is 5.29. The molecule has 222 valence electrons. The summed E-state index contributed by atoms with van der Waals surface area (Å²) in [6.07, 6.45) is -0.188. The fourth-order valence-corrected chi connectivity index (χ4v) is 4.45. The Labute approximate surface area is 240 Å². The maximum absolute atomic E-state index is 12.5. The van der Waals surface area contributed by atoms with Crippen molar-refractivity contribution in [2.24, 2.45) is 0 Å². The molecule has 0 saturated carbocycles. The van der Waals surface area contributed by atoms with Crippen LogP contribution < -0.4 is 10.6 Å². The minimum atomic E-state index is -1.19. The molecule has 0 radical (unpaired) electrons. The van der Waals surface area contributed by atoms with Crippen molar-refractivity contribution in [1.29, 1.82) is 0 Å². The summed E-state index contributed by atoms with van der Waals surface area (Å²) in [5.74, 6) is 0.456. The third kappa shape index (κ3) is 10.9. The molecule has 0 saturated heterocycles. The van der Waals surface area contributed by atoms with Gasteiger partial charge in [-0.3, -0.25) is 4.90 Å². The first kappa shape index (κ1) is 31.6. The second-order valence-electron chi connectivity index (χ2n) is 10.9. The van der Waals surface area contributed by atoms with Crippen molar-refractivity contribution in [1.82, 2.24) is 25.5 Å². The highest BCUT2D eigenvalue weighted by molar-refractivity contribution is 5.68. The van der Waals surface area contributed by atoms with E-state index in [1.165, 1.54) is 6.20 Å². The fourth-order valence-electron chi connectivity index (χ4n) is 4.45. The van der Waals surface area contributed by atoms with Crippen LogP contribution in [0, 0.1) is 0 Å². The first-order valence-electron chi connectivity index (χ1n) is 13.6. The molecule has 6 N–H and O–H groups in total. The number of benzene rings is 2. The molecule has 0 unspecified atom stereocenters. The van der Waals surface area contributed by atoms with Crippen molar-refractivity contribution in [3.8, 4) is 0 Å². The molecular weight excluding hydrogens is 526 g/mol. The Balaban J connectivity index is 1.68. The minimum Gasteiger partial charge on any atom is -0.465 e. The molecule has 4 atom stereocenters. The average molecular weight is 568 g/mol. The van der Waals surface area contributed by atoms with Gasteiger partial charge in [-0.2, -0.15) is 0 Å². The summed E-state index contributed by atoms with van der Waals surface area (Å²) in [7, 11) is 0. The van der Waals surface area contributed by atoms with E-state index in [9.17, 15) is 24.9 Å². The number of aromatic amines is 1. The van der Waals surface area contributed by atoms with E-state index in [0.717, 1.165) is 16.0 Å². The maximum atomic E-state index is 12.5. The van der Waals surface area contributed by atoms with Crippen LogP contribution in [0.1, 0.15) is 37.7 Å². The van der Waals surface area contributed by atoms with E-state index in [4.69, 9.17) is 4.74 Å². The zero-order chi connectivity index (χ0) is 29.8. The molecule has 3 rings (SSSR count). The Morgan fingerprint density at radius 3 is 2.07 bits per heavy atom. The van der Waals surface area contributed by atoms with E-state index in [2.05, 4.69) is 20.6 Å². The zero-order valence-corrected chi connectivity index (χ0v) is 23.7. The third-order valence-corrected chi connectivity index (χ3v) is 6.42. The highest BCUT2D eigenvalue weighted by atomic mass is 16.6. The number of nitrogens with one attached hydrogen (secondary N) is 3. The molecule has 2 amide bonds. The number of amides is 2. The standard InChI is InChI=1S/C30H41N5O6/c1-30(2,3)41-28(38)34-23(16-21-10-6-4-7-11-21)25(36)18-31-19-26(37)24(17-22-12-8-5-9-13-22)35(29(39)40)20-27-32-14-15-33-27/h4-15,23-26,31,36-37H,16-20H2,1-3H3,(H,32,33)(H,34,38)(H,39,40)/t23-,24-,25+,26+/m0/s1. The van der Waals surface area contributed by atoms with Gasteiger partial charge in [0.05, 0.1) is 30.8 Å².